The summed E-state index contributed by atoms with van der Waals surface area (Å²) in [4.78, 5) is 38.4. The molecule has 3 N–H and O–H groups in total. The normalized spacial score (nSPS) is 10.0. The van der Waals surface area contributed by atoms with Crippen molar-refractivity contribution >= 4 is 99.4 Å². The largest absolute Gasteiger partial charge is 0.524 e. The quantitative estimate of drug-likeness (QED) is 0.0683. The van der Waals surface area contributed by atoms with Crippen LogP contribution >= 0.6 is 87.5 Å². The van der Waals surface area contributed by atoms with E-state index in [9.17, 15) is 14.2 Å². The number of hydrogen-bond acceptors (Lipinski definition) is 7. The van der Waals surface area contributed by atoms with Crippen molar-refractivity contribution in [2.75, 3.05) is 13.2 Å². The topological polar surface area (TPSA) is 140 Å². The Morgan fingerprint density at radius 1 is 0.972 bits per heavy atom. The number of phosphoric acid groups is 1. The van der Waals surface area contributed by atoms with E-state index in [0.29, 0.717) is 20.3 Å². The Morgan fingerprint density at radius 3 is 1.83 bits per heavy atom. The van der Waals surface area contributed by atoms with Crippen molar-refractivity contribution in [1.29, 1.82) is 0 Å². The number of carbonyl (C=O) groups is 2. The number of rotatable bonds is 7. The average molecular weight is 847 g/mol. The Bertz CT molecular complexity index is 1090. The minimum Gasteiger partial charge on any atom is -0.460 e. The van der Waals surface area contributed by atoms with Crippen molar-refractivity contribution in [3.63, 3.8) is 0 Å². The second kappa shape index (κ2) is 17.6. The monoisotopic (exact) mass is 842 g/mol. The van der Waals surface area contributed by atoms with Gasteiger partial charge in [-0.05, 0) is 98.7 Å². The highest BCUT2D eigenvalue weighted by atomic mass is 79.9. The van der Waals surface area contributed by atoms with Crippen LogP contribution in [-0.4, -0.2) is 40.0 Å². The molecule has 0 aliphatic heterocycles. The van der Waals surface area contributed by atoms with Crippen molar-refractivity contribution in [1.82, 2.24) is 0 Å². The Labute approximate surface area is 249 Å². The van der Waals surface area contributed by atoms with Crippen molar-refractivity contribution in [3.05, 3.63) is 77.5 Å². The molecule has 0 radical (unpaired) electrons. The molecule has 0 aromatic heterocycles. The zero-order chi connectivity index (χ0) is 28.1. The molecule has 0 aliphatic rings. The van der Waals surface area contributed by atoms with Gasteiger partial charge in [0.25, 0.3) is 0 Å². The van der Waals surface area contributed by atoms with Crippen LogP contribution in [0, 0.1) is 0 Å². The zero-order valence-electron chi connectivity index (χ0n) is 18.4. The Balaban J connectivity index is 0.000000538. The van der Waals surface area contributed by atoms with Gasteiger partial charge < -0.3 is 19.1 Å². The smallest absolute Gasteiger partial charge is 0.460 e. The van der Waals surface area contributed by atoms with Crippen LogP contribution in [0.15, 0.2) is 77.5 Å². The number of phosphoric ester groups is 1. The van der Waals surface area contributed by atoms with E-state index in [1.54, 1.807) is 25.1 Å². The predicted molar refractivity (Wildman–Crippen MR) is 153 cm³/mol. The molecule has 0 bridgehead atoms. The SMILES string of the molecule is C=C(C)C(=O)OCCO.C=CC(=O)Oc1c(Br)c(Br)c(Br)c(Br)c1Br.O=P(O)(O)Oc1ccccc1. The van der Waals surface area contributed by atoms with Crippen LogP contribution < -0.4 is 9.26 Å². The van der Waals surface area contributed by atoms with E-state index in [2.05, 4.69) is 102 Å². The maximum atomic E-state index is 11.2. The first kappa shape index (κ1) is 35.2. The van der Waals surface area contributed by atoms with Gasteiger partial charge in [0.1, 0.15) is 12.4 Å². The molecule has 36 heavy (non-hydrogen) atoms. The Kier molecular flexibility index (Phi) is 17.2. The van der Waals surface area contributed by atoms with Gasteiger partial charge in [-0.25, -0.2) is 14.2 Å². The van der Waals surface area contributed by atoms with Crippen LogP contribution in [-0.2, 0) is 18.9 Å². The Morgan fingerprint density at radius 2 is 1.44 bits per heavy atom. The van der Waals surface area contributed by atoms with Crippen molar-refractivity contribution in [3.8, 4) is 11.5 Å². The molecule has 0 heterocycles. The molecular formula is C21H20Br5O9P. The molecule has 2 rings (SSSR count). The molecule has 0 aliphatic carbocycles. The van der Waals surface area contributed by atoms with Crippen LogP contribution in [0.1, 0.15) is 6.92 Å². The summed E-state index contributed by atoms with van der Waals surface area (Å²) in [6, 6.07) is 7.93. The van der Waals surface area contributed by atoms with Gasteiger partial charge in [-0.15, -0.1) is 0 Å². The fraction of sp³-hybridized carbons (Fsp3) is 0.143. The minimum atomic E-state index is -4.39. The number of hydrogen-bond donors (Lipinski definition) is 3. The summed E-state index contributed by atoms with van der Waals surface area (Å²) in [6.07, 6.45) is 1.10. The number of esters is 2. The highest BCUT2D eigenvalue weighted by Crippen LogP contribution is 2.48. The van der Waals surface area contributed by atoms with Crippen LogP contribution in [0.2, 0.25) is 0 Å². The first-order valence-corrected chi connectivity index (χ1v) is 14.7. The molecule has 0 amide bonds. The van der Waals surface area contributed by atoms with Crippen molar-refractivity contribution < 1.29 is 43.0 Å². The molecule has 0 spiro atoms. The van der Waals surface area contributed by atoms with Crippen molar-refractivity contribution in [2.45, 2.75) is 6.92 Å². The molecule has 0 atom stereocenters. The van der Waals surface area contributed by atoms with Crippen LogP contribution in [0.4, 0.5) is 0 Å². The summed E-state index contributed by atoms with van der Waals surface area (Å²) in [6.45, 7) is 8.16. The van der Waals surface area contributed by atoms with Gasteiger partial charge in [-0.2, -0.15) is 0 Å². The lowest BCUT2D eigenvalue weighted by atomic mass is 10.3. The molecule has 0 fully saturated rings. The van der Waals surface area contributed by atoms with Gasteiger partial charge in [0.15, 0.2) is 5.75 Å². The number of aliphatic hydroxyl groups excluding tert-OH is 1. The van der Waals surface area contributed by atoms with Crippen LogP contribution in [0.25, 0.3) is 0 Å². The lowest BCUT2D eigenvalue weighted by Crippen LogP contribution is -2.08. The van der Waals surface area contributed by atoms with Crippen molar-refractivity contribution in [2.24, 2.45) is 0 Å². The third-order valence-electron chi connectivity index (χ3n) is 3.18. The second-order valence-corrected chi connectivity index (χ2v) is 11.2. The van der Waals surface area contributed by atoms with Gasteiger partial charge in [-0.3, -0.25) is 9.79 Å². The fourth-order valence-corrected chi connectivity index (χ4v) is 5.27. The number of benzene rings is 2. The fourth-order valence-electron chi connectivity index (χ4n) is 1.70. The summed E-state index contributed by atoms with van der Waals surface area (Å²) >= 11 is 16.8. The summed E-state index contributed by atoms with van der Waals surface area (Å²) in [5.41, 5.74) is 0.350. The summed E-state index contributed by atoms with van der Waals surface area (Å²) in [5, 5.41) is 8.19. The molecule has 0 saturated heterocycles. The summed E-state index contributed by atoms with van der Waals surface area (Å²) < 4.78 is 27.7. The third kappa shape index (κ3) is 13.6. The molecule has 0 unspecified atom stereocenters. The maximum Gasteiger partial charge on any atom is 0.524 e. The molecule has 198 valence electrons. The highest BCUT2D eigenvalue weighted by molar-refractivity contribution is 9.15. The lowest BCUT2D eigenvalue weighted by Gasteiger charge is -2.12. The first-order chi connectivity index (χ1) is 16.7. The van der Waals surface area contributed by atoms with Gasteiger partial charge in [0, 0.05) is 16.1 Å². The molecule has 2 aromatic carbocycles. The number of halogens is 5. The van der Waals surface area contributed by atoms with E-state index in [1.165, 1.54) is 12.1 Å². The molecule has 9 nitrogen and oxygen atoms in total. The number of carbonyl (C=O) groups excluding carboxylic acids is 2. The van der Waals surface area contributed by atoms with Crippen LogP contribution in [0.3, 0.4) is 0 Å². The van der Waals surface area contributed by atoms with Gasteiger partial charge >= 0.3 is 19.8 Å². The lowest BCUT2D eigenvalue weighted by molar-refractivity contribution is -0.139. The summed E-state index contributed by atoms with van der Waals surface area (Å²) in [5.74, 6) is -0.431. The first-order valence-electron chi connectivity index (χ1n) is 9.25. The van der Waals surface area contributed by atoms with Gasteiger partial charge in [-0.1, -0.05) is 31.4 Å². The molecule has 2 aromatic rings. The third-order valence-corrected chi connectivity index (χ3v) is 9.65. The molecule has 15 heteroatoms. The number of para-hydroxylation sites is 1. The Hall–Kier alpha value is -0.830. The molecular weight excluding hydrogens is 827 g/mol. The van der Waals surface area contributed by atoms with E-state index in [0.717, 1.165) is 19.5 Å². The van der Waals surface area contributed by atoms with Crippen LogP contribution in [0.5, 0.6) is 11.5 Å². The van der Waals surface area contributed by atoms with Gasteiger partial charge in [0.05, 0.1) is 24.5 Å². The van der Waals surface area contributed by atoms with E-state index >= 15 is 0 Å². The molecule has 0 saturated carbocycles. The minimum absolute atomic E-state index is 0.0473. The predicted octanol–water partition coefficient (Wildman–Crippen LogP) is 6.85. The van der Waals surface area contributed by atoms with E-state index < -0.39 is 19.8 Å². The van der Waals surface area contributed by atoms with E-state index in [1.807, 2.05) is 0 Å². The van der Waals surface area contributed by atoms with Gasteiger partial charge in [0.2, 0.25) is 0 Å². The highest BCUT2D eigenvalue weighted by Gasteiger charge is 2.20. The van der Waals surface area contributed by atoms with E-state index in [4.69, 9.17) is 19.6 Å². The average Bonchev–Trinajstić information content (AvgIpc) is 2.82. The zero-order valence-corrected chi connectivity index (χ0v) is 27.2. The second-order valence-electron chi connectivity index (χ2n) is 6.06. The number of aliphatic hydroxyl groups is 1. The van der Waals surface area contributed by atoms with E-state index in [-0.39, 0.29) is 19.0 Å². The maximum absolute atomic E-state index is 11.2. The standard InChI is InChI=1S/C9H3Br5O2.C6H7O4P.C6H10O3/c1-2-3(15)16-9-7(13)5(11)4(10)6(12)8(9)14;7-11(8,9)10-6-4-2-1-3-5-6;1-5(2)6(8)9-4-3-7/h2H,1H2;1-5H,(H2,7,8,9);7H,1,3-4H2,2H3. The number of ether oxygens (including phenoxy) is 2. The summed E-state index contributed by atoms with van der Waals surface area (Å²) in [7, 11) is -4.39.